The molecule has 3 heteroatoms. The molecular formula is C17H20BrNO. The summed E-state index contributed by atoms with van der Waals surface area (Å²) in [6.45, 7) is 6.95. The monoisotopic (exact) mass is 333 g/mol. The zero-order valence-corrected chi connectivity index (χ0v) is 13.7. The van der Waals surface area contributed by atoms with Gasteiger partial charge < -0.3 is 10.1 Å². The molecule has 0 fully saturated rings. The summed E-state index contributed by atoms with van der Waals surface area (Å²) >= 11 is 3.61. The van der Waals surface area contributed by atoms with Crippen LogP contribution in [0.5, 0.6) is 5.75 Å². The predicted molar refractivity (Wildman–Crippen MR) is 88.4 cm³/mol. The smallest absolute Gasteiger partial charge is 0.119 e. The molecule has 0 saturated carbocycles. The molecule has 0 unspecified atom stereocenters. The number of hydrogen-bond donors (Lipinski definition) is 1. The van der Waals surface area contributed by atoms with Crippen LogP contribution in [0.2, 0.25) is 0 Å². The van der Waals surface area contributed by atoms with Crippen molar-refractivity contribution in [2.75, 3.05) is 5.32 Å². The molecule has 0 heterocycles. The van der Waals surface area contributed by atoms with E-state index in [0.717, 1.165) is 22.5 Å². The summed E-state index contributed by atoms with van der Waals surface area (Å²) in [6.07, 6.45) is 0.210. The summed E-state index contributed by atoms with van der Waals surface area (Å²) in [5.74, 6) is 0.917. The van der Waals surface area contributed by atoms with Crippen LogP contribution in [0, 0.1) is 6.92 Å². The van der Waals surface area contributed by atoms with E-state index in [1.54, 1.807) is 0 Å². The van der Waals surface area contributed by atoms with Gasteiger partial charge in [0.05, 0.1) is 6.10 Å². The van der Waals surface area contributed by atoms with Gasteiger partial charge in [-0.3, -0.25) is 0 Å². The van der Waals surface area contributed by atoms with Gasteiger partial charge >= 0.3 is 0 Å². The summed E-state index contributed by atoms with van der Waals surface area (Å²) in [6, 6.07) is 14.4. The van der Waals surface area contributed by atoms with Crippen LogP contribution in [0.15, 0.2) is 46.9 Å². The molecule has 106 valence electrons. The lowest BCUT2D eigenvalue weighted by Crippen LogP contribution is -2.05. The van der Waals surface area contributed by atoms with Crippen molar-refractivity contribution in [1.29, 1.82) is 0 Å². The Balaban J connectivity index is 1.99. The lowest BCUT2D eigenvalue weighted by atomic mass is 10.2. The van der Waals surface area contributed by atoms with Gasteiger partial charge in [-0.1, -0.05) is 24.3 Å². The van der Waals surface area contributed by atoms with Gasteiger partial charge in [-0.25, -0.2) is 0 Å². The van der Waals surface area contributed by atoms with Gasteiger partial charge in [0, 0.05) is 16.7 Å². The molecule has 0 bridgehead atoms. The van der Waals surface area contributed by atoms with E-state index in [4.69, 9.17) is 4.74 Å². The minimum absolute atomic E-state index is 0.210. The fraction of sp³-hybridized carbons (Fsp3) is 0.294. The standard InChI is InChI=1S/C17H20BrNO/c1-12(2)20-15-9-7-14(8-10-15)11-19-16-6-4-5-13(3)17(16)18/h4-10,12,19H,11H2,1-3H3. The van der Waals surface area contributed by atoms with E-state index in [1.165, 1.54) is 11.1 Å². The van der Waals surface area contributed by atoms with E-state index in [9.17, 15) is 0 Å². The molecule has 1 N–H and O–H groups in total. The minimum Gasteiger partial charge on any atom is -0.491 e. The van der Waals surface area contributed by atoms with Crippen molar-refractivity contribution in [3.8, 4) is 5.75 Å². The molecule has 2 aromatic rings. The Bertz CT molecular complexity index is 564. The van der Waals surface area contributed by atoms with Gasteiger partial charge in [-0.05, 0) is 66.0 Å². The number of benzene rings is 2. The molecule has 0 aliphatic carbocycles. The number of halogens is 1. The number of ether oxygens (including phenoxy) is 1. The fourth-order valence-corrected chi connectivity index (χ4v) is 2.34. The number of rotatable bonds is 5. The van der Waals surface area contributed by atoms with Gasteiger partial charge in [-0.2, -0.15) is 0 Å². The second-order valence-corrected chi connectivity index (χ2v) is 5.89. The lowest BCUT2D eigenvalue weighted by Gasteiger charge is -2.12. The van der Waals surface area contributed by atoms with Crippen molar-refractivity contribution in [2.24, 2.45) is 0 Å². The second-order valence-electron chi connectivity index (χ2n) is 5.10. The number of anilines is 1. The van der Waals surface area contributed by atoms with Crippen molar-refractivity contribution in [3.05, 3.63) is 58.1 Å². The van der Waals surface area contributed by atoms with E-state index in [1.807, 2.05) is 26.0 Å². The Morgan fingerprint density at radius 2 is 1.80 bits per heavy atom. The largest absolute Gasteiger partial charge is 0.491 e. The molecule has 0 atom stereocenters. The average Bonchev–Trinajstić information content (AvgIpc) is 2.41. The average molecular weight is 334 g/mol. The van der Waals surface area contributed by atoms with Crippen LogP contribution in [0.4, 0.5) is 5.69 Å². The van der Waals surface area contributed by atoms with E-state index >= 15 is 0 Å². The van der Waals surface area contributed by atoms with Gasteiger partial charge in [0.2, 0.25) is 0 Å². The first-order chi connectivity index (χ1) is 9.56. The summed E-state index contributed by atoms with van der Waals surface area (Å²) < 4.78 is 6.76. The maximum atomic E-state index is 5.64. The van der Waals surface area contributed by atoms with Gasteiger partial charge in [0.25, 0.3) is 0 Å². The van der Waals surface area contributed by atoms with Crippen molar-refractivity contribution in [2.45, 2.75) is 33.4 Å². The first-order valence-electron chi connectivity index (χ1n) is 6.81. The van der Waals surface area contributed by atoms with Crippen LogP contribution in [0.1, 0.15) is 25.0 Å². The van der Waals surface area contributed by atoms with E-state index in [-0.39, 0.29) is 6.10 Å². The van der Waals surface area contributed by atoms with Crippen LogP contribution >= 0.6 is 15.9 Å². The van der Waals surface area contributed by atoms with Crippen LogP contribution < -0.4 is 10.1 Å². The highest BCUT2D eigenvalue weighted by atomic mass is 79.9. The Labute approximate surface area is 129 Å². The first kappa shape index (κ1) is 14.9. The van der Waals surface area contributed by atoms with Crippen molar-refractivity contribution < 1.29 is 4.74 Å². The molecule has 20 heavy (non-hydrogen) atoms. The Morgan fingerprint density at radius 1 is 1.10 bits per heavy atom. The van der Waals surface area contributed by atoms with Crippen LogP contribution in [0.25, 0.3) is 0 Å². The van der Waals surface area contributed by atoms with Crippen molar-refractivity contribution in [3.63, 3.8) is 0 Å². The molecule has 2 aromatic carbocycles. The molecule has 0 radical (unpaired) electrons. The van der Waals surface area contributed by atoms with Crippen molar-refractivity contribution >= 4 is 21.6 Å². The van der Waals surface area contributed by atoms with E-state index < -0.39 is 0 Å². The molecular weight excluding hydrogens is 314 g/mol. The molecule has 0 aromatic heterocycles. The molecule has 0 aliphatic heterocycles. The molecule has 2 nitrogen and oxygen atoms in total. The highest BCUT2D eigenvalue weighted by Gasteiger charge is 2.02. The zero-order chi connectivity index (χ0) is 14.5. The molecule has 0 spiro atoms. The number of hydrogen-bond acceptors (Lipinski definition) is 2. The predicted octanol–water partition coefficient (Wildman–Crippen LogP) is 5.16. The highest BCUT2D eigenvalue weighted by Crippen LogP contribution is 2.26. The third-order valence-electron chi connectivity index (χ3n) is 2.97. The minimum atomic E-state index is 0.210. The first-order valence-corrected chi connectivity index (χ1v) is 7.60. The number of nitrogens with one attached hydrogen (secondary N) is 1. The molecule has 2 rings (SSSR count). The van der Waals surface area contributed by atoms with Gasteiger partial charge in [-0.15, -0.1) is 0 Å². The SMILES string of the molecule is Cc1cccc(NCc2ccc(OC(C)C)cc2)c1Br. The maximum absolute atomic E-state index is 5.64. The lowest BCUT2D eigenvalue weighted by molar-refractivity contribution is 0.242. The van der Waals surface area contributed by atoms with Gasteiger partial charge in [0.15, 0.2) is 0 Å². The van der Waals surface area contributed by atoms with E-state index in [0.29, 0.717) is 0 Å². The summed E-state index contributed by atoms with van der Waals surface area (Å²) in [4.78, 5) is 0. The summed E-state index contributed by atoms with van der Waals surface area (Å²) in [5.41, 5.74) is 3.58. The summed E-state index contributed by atoms with van der Waals surface area (Å²) in [5, 5.41) is 3.44. The van der Waals surface area contributed by atoms with Crippen molar-refractivity contribution in [1.82, 2.24) is 0 Å². The fourth-order valence-electron chi connectivity index (χ4n) is 1.94. The third kappa shape index (κ3) is 4.01. The normalized spacial score (nSPS) is 10.7. The third-order valence-corrected chi connectivity index (χ3v) is 4.02. The highest BCUT2D eigenvalue weighted by molar-refractivity contribution is 9.10. The zero-order valence-electron chi connectivity index (χ0n) is 12.1. The Hall–Kier alpha value is -1.48. The van der Waals surface area contributed by atoms with Crippen LogP contribution in [-0.4, -0.2) is 6.10 Å². The van der Waals surface area contributed by atoms with E-state index in [2.05, 4.69) is 58.5 Å². The number of aryl methyl sites for hydroxylation is 1. The van der Waals surface area contributed by atoms with Crippen LogP contribution in [0.3, 0.4) is 0 Å². The Morgan fingerprint density at radius 3 is 2.45 bits per heavy atom. The molecule has 0 saturated heterocycles. The Kier molecular flexibility index (Phi) is 5.07. The maximum Gasteiger partial charge on any atom is 0.119 e. The van der Waals surface area contributed by atoms with Gasteiger partial charge in [0.1, 0.15) is 5.75 Å². The molecule has 0 amide bonds. The quantitative estimate of drug-likeness (QED) is 0.816. The summed E-state index contributed by atoms with van der Waals surface area (Å²) in [7, 11) is 0. The molecule has 0 aliphatic rings. The topological polar surface area (TPSA) is 21.3 Å². The second kappa shape index (κ2) is 6.80. The van der Waals surface area contributed by atoms with Crippen LogP contribution in [-0.2, 0) is 6.54 Å².